The molecule has 9 heteroatoms. The van der Waals surface area contributed by atoms with Crippen LogP contribution in [-0.4, -0.2) is 28.4 Å². The van der Waals surface area contributed by atoms with Crippen LogP contribution in [0, 0.1) is 6.92 Å². The SMILES string of the molecule is CCc1ccc(N(C(=O)CCC(=O)Nc2cc(C)on2)C(C(=O)NC(C)(C)C)c2ccccc2Cl)cc1. The van der Waals surface area contributed by atoms with E-state index in [1.807, 2.05) is 52.0 Å². The molecule has 3 aromatic rings. The second-order valence-electron chi connectivity index (χ2n) is 9.82. The van der Waals surface area contributed by atoms with Gasteiger partial charge in [0.15, 0.2) is 5.82 Å². The van der Waals surface area contributed by atoms with E-state index in [0.29, 0.717) is 22.0 Å². The molecule has 2 aromatic carbocycles. The Morgan fingerprint density at radius 3 is 2.30 bits per heavy atom. The van der Waals surface area contributed by atoms with E-state index in [2.05, 4.69) is 15.8 Å². The number of rotatable bonds is 9. The summed E-state index contributed by atoms with van der Waals surface area (Å²) in [4.78, 5) is 41.4. The lowest BCUT2D eigenvalue weighted by atomic mass is 9.99. The van der Waals surface area contributed by atoms with Crippen molar-refractivity contribution in [2.24, 2.45) is 0 Å². The molecule has 0 aliphatic carbocycles. The maximum absolute atomic E-state index is 13.7. The van der Waals surface area contributed by atoms with E-state index in [4.69, 9.17) is 16.1 Å². The number of halogens is 1. The van der Waals surface area contributed by atoms with Crippen molar-refractivity contribution >= 4 is 40.8 Å². The molecule has 0 fully saturated rings. The molecule has 1 atom stereocenters. The molecular weight excluding hydrogens is 492 g/mol. The maximum Gasteiger partial charge on any atom is 0.248 e. The Labute approximate surface area is 222 Å². The lowest BCUT2D eigenvalue weighted by Gasteiger charge is -2.34. The van der Waals surface area contributed by atoms with E-state index in [-0.39, 0.29) is 24.6 Å². The fraction of sp³-hybridized carbons (Fsp3) is 0.357. The lowest BCUT2D eigenvalue weighted by Crippen LogP contribution is -2.49. The molecule has 3 amide bonds. The van der Waals surface area contributed by atoms with Gasteiger partial charge in [0.1, 0.15) is 11.8 Å². The summed E-state index contributed by atoms with van der Waals surface area (Å²) in [6, 6.07) is 14.9. The minimum atomic E-state index is -1.05. The molecule has 196 valence electrons. The molecular formula is C28H33ClN4O4. The van der Waals surface area contributed by atoms with Crippen LogP contribution in [0.15, 0.2) is 59.1 Å². The lowest BCUT2D eigenvalue weighted by molar-refractivity contribution is -0.128. The zero-order valence-electron chi connectivity index (χ0n) is 21.8. The number of carbonyl (C=O) groups excluding carboxylic acids is 3. The minimum Gasteiger partial charge on any atom is -0.360 e. The van der Waals surface area contributed by atoms with E-state index in [9.17, 15) is 14.4 Å². The van der Waals surface area contributed by atoms with Crippen molar-refractivity contribution in [2.75, 3.05) is 10.2 Å². The van der Waals surface area contributed by atoms with Crippen molar-refractivity contribution in [3.05, 3.63) is 76.5 Å². The van der Waals surface area contributed by atoms with Crippen LogP contribution >= 0.6 is 11.6 Å². The number of nitrogens with zero attached hydrogens (tertiary/aromatic N) is 2. The van der Waals surface area contributed by atoms with Crippen LogP contribution in [0.1, 0.15) is 63.5 Å². The quantitative estimate of drug-likeness (QED) is 0.378. The van der Waals surface area contributed by atoms with Crippen LogP contribution in [0.3, 0.4) is 0 Å². The zero-order valence-corrected chi connectivity index (χ0v) is 22.6. The van der Waals surface area contributed by atoms with Crippen molar-refractivity contribution in [3.8, 4) is 0 Å². The molecule has 0 bridgehead atoms. The number of nitrogens with one attached hydrogen (secondary N) is 2. The second kappa shape index (κ2) is 12.1. The molecule has 0 saturated carbocycles. The van der Waals surface area contributed by atoms with Gasteiger partial charge in [0, 0.05) is 40.7 Å². The highest BCUT2D eigenvalue weighted by molar-refractivity contribution is 6.31. The van der Waals surface area contributed by atoms with Crippen molar-refractivity contribution in [1.82, 2.24) is 10.5 Å². The highest BCUT2D eigenvalue weighted by atomic mass is 35.5. The molecule has 0 radical (unpaired) electrons. The van der Waals surface area contributed by atoms with E-state index >= 15 is 0 Å². The molecule has 0 saturated heterocycles. The number of benzene rings is 2. The van der Waals surface area contributed by atoms with Gasteiger partial charge in [0.05, 0.1) is 0 Å². The Bertz CT molecular complexity index is 1250. The maximum atomic E-state index is 13.7. The van der Waals surface area contributed by atoms with Gasteiger partial charge in [-0.15, -0.1) is 0 Å². The predicted molar refractivity (Wildman–Crippen MR) is 144 cm³/mol. The first-order valence-corrected chi connectivity index (χ1v) is 12.6. The normalized spacial score (nSPS) is 12.1. The van der Waals surface area contributed by atoms with Gasteiger partial charge in [-0.05, 0) is 57.9 Å². The van der Waals surface area contributed by atoms with Gasteiger partial charge in [-0.2, -0.15) is 0 Å². The average Bonchev–Trinajstić information content (AvgIpc) is 3.25. The summed E-state index contributed by atoms with van der Waals surface area (Å²) in [5, 5.41) is 9.71. The molecule has 0 spiro atoms. The number of hydrogen-bond acceptors (Lipinski definition) is 5. The van der Waals surface area contributed by atoms with Crippen molar-refractivity contribution in [1.29, 1.82) is 0 Å². The van der Waals surface area contributed by atoms with Crippen LogP contribution in [-0.2, 0) is 20.8 Å². The number of aryl methyl sites for hydroxylation is 2. The van der Waals surface area contributed by atoms with Gasteiger partial charge in [-0.25, -0.2) is 0 Å². The summed E-state index contributed by atoms with van der Waals surface area (Å²) >= 11 is 6.54. The second-order valence-corrected chi connectivity index (χ2v) is 10.2. The third-order valence-corrected chi connectivity index (χ3v) is 5.90. The Morgan fingerprint density at radius 1 is 1.05 bits per heavy atom. The van der Waals surface area contributed by atoms with Crippen LogP contribution in [0.5, 0.6) is 0 Å². The van der Waals surface area contributed by atoms with Gasteiger partial charge in [-0.1, -0.05) is 54.0 Å². The molecule has 8 nitrogen and oxygen atoms in total. The van der Waals surface area contributed by atoms with Gasteiger partial charge in [-0.3, -0.25) is 19.3 Å². The smallest absolute Gasteiger partial charge is 0.248 e. The van der Waals surface area contributed by atoms with Gasteiger partial charge in [0.2, 0.25) is 17.7 Å². The number of amides is 3. The Morgan fingerprint density at radius 2 is 1.73 bits per heavy atom. The molecule has 1 aromatic heterocycles. The molecule has 3 rings (SSSR count). The fourth-order valence-corrected chi connectivity index (χ4v) is 4.07. The average molecular weight is 525 g/mol. The Balaban J connectivity index is 1.97. The van der Waals surface area contributed by atoms with E-state index in [0.717, 1.165) is 12.0 Å². The molecule has 0 aliphatic rings. The van der Waals surface area contributed by atoms with Crippen LogP contribution in [0.4, 0.5) is 11.5 Å². The van der Waals surface area contributed by atoms with Gasteiger partial charge in [0.25, 0.3) is 0 Å². The number of hydrogen-bond donors (Lipinski definition) is 2. The van der Waals surface area contributed by atoms with Gasteiger partial charge >= 0.3 is 0 Å². The van der Waals surface area contributed by atoms with Crippen LogP contribution < -0.4 is 15.5 Å². The summed E-state index contributed by atoms with van der Waals surface area (Å²) in [6.07, 6.45) is 0.584. The third kappa shape index (κ3) is 7.67. The van der Waals surface area contributed by atoms with Crippen LogP contribution in [0.2, 0.25) is 5.02 Å². The first kappa shape index (κ1) is 27.9. The molecule has 2 N–H and O–H groups in total. The first-order valence-electron chi connectivity index (χ1n) is 12.2. The van der Waals surface area contributed by atoms with E-state index in [1.165, 1.54) is 4.90 Å². The monoisotopic (exact) mass is 524 g/mol. The van der Waals surface area contributed by atoms with Crippen molar-refractivity contribution < 1.29 is 18.9 Å². The summed E-state index contributed by atoms with van der Waals surface area (Å²) in [5.74, 6) is -0.335. The highest BCUT2D eigenvalue weighted by Crippen LogP contribution is 2.33. The zero-order chi connectivity index (χ0) is 27.2. The molecule has 0 aliphatic heterocycles. The van der Waals surface area contributed by atoms with Crippen molar-refractivity contribution in [2.45, 2.75) is 65.5 Å². The Kier molecular flexibility index (Phi) is 9.10. The number of anilines is 2. The summed E-state index contributed by atoms with van der Waals surface area (Å²) in [5.41, 5.74) is 1.56. The molecule has 1 heterocycles. The highest BCUT2D eigenvalue weighted by Gasteiger charge is 2.35. The topological polar surface area (TPSA) is 105 Å². The van der Waals surface area contributed by atoms with E-state index < -0.39 is 23.4 Å². The predicted octanol–water partition coefficient (Wildman–Crippen LogP) is 5.61. The van der Waals surface area contributed by atoms with Crippen molar-refractivity contribution in [3.63, 3.8) is 0 Å². The van der Waals surface area contributed by atoms with E-state index in [1.54, 1.807) is 37.3 Å². The third-order valence-electron chi connectivity index (χ3n) is 5.56. The van der Waals surface area contributed by atoms with Gasteiger partial charge < -0.3 is 15.2 Å². The standard InChI is InChI=1S/C28H33ClN4O4/c1-6-19-11-13-20(14-12-19)33(25(35)16-15-24(34)30-23-17-18(2)37-32-23)26(27(36)31-28(3,4)5)21-9-7-8-10-22(21)29/h7-14,17,26H,6,15-16H2,1-5H3,(H,31,36)(H,30,32,34). The molecule has 1 unspecified atom stereocenters. The van der Waals surface area contributed by atoms with Crippen LogP contribution in [0.25, 0.3) is 0 Å². The number of aromatic nitrogens is 1. The summed E-state index contributed by atoms with van der Waals surface area (Å²) < 4.78 is 4.97. The first-order chi connectivity index (χ1) is 17.5. The minimum absolute atomic E-state index is 0.107. The largest absolute Gasteiger partial charge is 0.360 e. The fourth-order valence-electron chi connectivity index (χ4n) is 3.83. The number of carbonyl (C=O) groups is 3. The summed E-state index contributed by atoms with van der Waals surface area (Å²) in [6.45, 7) is 9.35. The summed E-state index contributed by atoms with van der Waals surface area (Å²) in [7, 11) is 0. The molecule has 37 heavy (non-hydrogen) atoms. The Hall–Kier alpha value is -3.65.